The van der Waals surface area contributed by atoms with E-state index in [-0.39, 0.29) is 0 Å². The van der Waals surface area contributed by atoms with Gasteiger partial charge in [-0.1, -0.05) is 0 Å². The molecule has 0 saturated heterocycles. The third-order valence-electron chi connectivity index (χ3n) is 2.55. The molecule has 3 aromatic heterocycles. The Labute approximate surface area is 102 Å². The molecule has 0 fully saturated rings. The maximum absolute atomic E-state index is 10.7. The Hall–Kier alpha value is -2.63. The number of aryl methyl sites for hydroxylation is 1. The molecule has 3 rings (SSSR count). The Kier molecular flexibility index (Phi) is 2.33. The molecule has 88 valence electrons. The van der Waals surface area contributed by atoms with Gasteiger partial charge in [0.25, 0.3) is 0 Å². The summed E-state index contributed by atoms with van der Waals surface area (Å²) in [5.41, 5.74) is 3.02. The first-order valence-corrected chi connectivity index (χ1v) is 5.34. The van der Waals surface area contributed by atoms with Crippen molar-refractivity contribution in [3.8, 4) is 11.3 Å². The third kappa shape index (κ3) is 1.73. The van der Waals surface area contributed by atoms with E-state index in [2.05, 4.69) is 20.1 Å². The molecular weight excluding hydrogens is 230 g/mol. The highest BCUT2D eigenvalue weighted by Crippen LogP contribution is 2.17. The summed E-state index contributed by atoms with van der Waals surface area (Å²) in [6.07, 6.45) is 5.91. The average molecular weight is 239 g/mol. The van der Waals surface area contributed by atoms with E-state index in [1.165, 1.54) is 0 Å². The van der Waals surface area contributed by atoms with Crippen molar-refractivity contribution in [3.63, 3.8) is 0 Å². The second-order valence-corrected chi connectivity index (χ2v) is 3.85. The van der Waals surface area contributed by atoms with Crippen LogP contribution in [-0.2, 0) is 7.05 Å². The van der Waals surface area contributed by atoms with Gasteiger partial charge in [-0.2, -0.15) is 5.10 Å². The van der Waals surface area contributed by atoms with Gasteiger partial charge in [0.15, 0.2) is 11.9 Å². The van der Waals surface area contributed by atoms with E-state index in [1.54, 1.807) is 29.2 Å². The molecule has 0 bridgehead atoms. The van der Waals surface area contributed by atoms with Crippen LogP contribution in [0.25, 0.3) is 22.4 Å². The predicted molar refractivity (Wildman–Crippen MR) is 64.9 cm³/mol. The van der Waals surface area contributed by atoms with Gasteiger partial charge >= 0.3 is 0 Å². The van der Waals surface area contributed by atoms with Gasteiger partial charge in [-0.15, -0.1) is 0 Å². The fourth-order valence-electron chi connectivity index (χ4n) is 1.67. The molecule has 0 aliphatic rings. The van der Waals surface area contributed by atoms with Crippen LogP contribution in [0.1, 0.15) is 10.5 Å². The molecule has 0 aromatic carbocycles. The summed E-state index contributed by atoms with van der Waals surface area (Å²) in [5.74, 6) is 0. The van der Waals surface area contributed by atoms with Crippen molar-refractivity contribution in [2.45, 2.75) is 0 Å². The number of fused-ring (bicyclic) bond motifs is 1. The number of carbonyl (C=O) groups is 1. The van der Waals surface area contributed by atoms with Crippen LogP contribution in [0.3, 0.4) is 0 Å². The second-order valence-electron chi connectivity index (χ2n) is 3.85. The van der Waals surface area contributed by atoms with Crippen molar-refractivity contribution in [1.29, 1.82) is 0 Å². The number of carbonyl (C=O) groups excluding carboxylic acids is 1. The van der Waals surface area contributed by atoms with Gasteiger partial charge in [0, 0.05) is 18.8 Å². The molecule has 6 nitrogen and oxygen atoms in total. The highest BCUT2D eigenvalue weighted by Gasteiger charge is 2.06. The summed E-state index contributed by atoms with van der Waals surface area (Å²) < 4.78 is 1.69. The molecule has 0 aliphatic carbocycles. The zero-order valence-corrected chi connectivity index (χ0v) is 9.61. The minimum absolute atomic E-state index is 0.347. The first-order valence-electron chi connectivity index (χ1n) is 5.34. The number of hydrogen-bond donors (Lipinski definition) is 0. The predicted octanol–water partition coefficient (Wildman–Crippen LogP) is 1.24. The summed E-state index contributed by atoms with van der Waals surface area (Å²) in [5, 5.41) is 4.08. The summed E-state index contributed by atoms with van der Waals surface area (Å²) >= 11 is 0. The number of rotatable bonds is 2. The van der Waals surface area contributed by atoms with Crippen LogP contribution in [0.15, 0.2) is 30.7 Å². The lowest BCUT2D eigenvalue weighted by Crippen LogP contribution is -1.94. The van der Waals surface area contributed by atoms with Crippen molar-refractivity contribution in [2.75, 3.05) is 0 Å². The Bertz CT molecular complexity index is 734. The van der Waals surface area contributed by atoms with E-state index in [0.29, 0.717) is 28.8 Å². The topological polar surface area (TPSA) is 73.6 Å². The van der Waals surface area contributed by atoms with E-state index in [0.717, 1.165) is 5.56 Å². The number of hydrogen-bond acceptors (Lipinski definition) is 5. The quantitative estimate of drug-likeness (QED) is 0.629. The van der Waals surface area contributed by atoms with Crippen LogP contribution in [0.5, 0.6) is 0 Å². The first-order chi connectivity index (χ1) is 8.76. The minimum atomic E-state index is 0.347. The van der Waals surface area contributed by atoms with Gasteiger partial charge in [0.1, 0.15) is 11.2 Å². The number of nitrogens with zero attached hydrogens (tertiary/aromatic N) is 5. The molecule has 0 atom stereocenters. The standard InChI is InChI=1S/C12H9N5O/c1-17-6-8(4-14-17)11-5-13-10-3-2-9(7-18)15-12(10)16-11/h2-7H,1H3. The molecule has 3 aromatic rings. The summed E-state index contributed by atoms with van der Waals surface area (Å²) in [6.45, 7) is 0. The average Bonchev–Trinajstić information content (AvgIpc) is 2.84. The molecule has 0 spiro atoms. The molecule has 3 heterocycles. The fourth-order valence-corrected chi connectivity index (χ4v) is 1.67. The highest BCUT2D eigenvalue weighted by atomic mass is 16.1. The van der Waals surface area contributed by atoms with Crippen molar-refractivity contribution < 1.29 is 4.79 Å². The van der Waals surface area contributed by atoms with Crippen molar-refractivity contribution >= 4 is 17.5 Å². The molecule has 0 radical (unpaired) electrons. The lowest BCUT2D eigenvalue weighted by molar-refractivity contribution is 0.111. The van der Waals surface area contributed by atoms with Crippen molar-refractivity contribution in [2.24, 2.45) is 7.05 Å². The molecule has 0 aliphatic heterocycles. The molecule has 0 unspecified atom stereocenters. The van der Waals surface area contributed by atoms with Gasteiger partial charge in [-0.05, 0) is 12.1 Å². The lowest BCUT2D eigenvalue weighted by atomic mass is 10.2. The largest absolute Gasteiger partial charge is 0.296 e. The number of aromatic nitrogens is 5. The van der Waals surface area contributed by atoms with Gasteiger partial charge < -0.3 is 0 Å². The van der Waals surface area contributed by atoms with Crippen LogP contribution in [0, 0.1) is 0 Å². The van der Waals surface area contributed by atoms with Gasteiger partial charge in [0.05, 0.1) is 18.1 Å². The van der Waals surface area contributed by atoms with E-state index in [9.17, 15) is 4.79 Å². The van der Waals surface area contributed by atoms with E-state index in [1.807, 2.05) is 13.2 Å². The third-order valence-corrected chi connectivity index (χ3v) is 2.55. The highest BCUT2D eigenvalue weighted by molar-refractivity contribution is 5.79. The van der Waals surface area contributed by atoms with Gasteiger partial charge in [-0.25, -0.2) is 9.97 Å². The van der Waals surface area contributed by atoms with Crippen LogP contribution >= 0.6 is 0 Å². The lowest BCUT2D eigenvalue weighted by Gasteiger charge is -1.99. The van der Waals surface area contributed by atoms with Crippen molar-refractivity contribution in [1.82, 2.24) is 24.7 Å². The van der Waals surface area contributed by atoms with E-state index < -0.39 is 0 Å². The van der Waals surface area contributed by atoms with E-state index >= 15 is 0 Å². The molecule has 6 heteroatoms. The number of pyridine rings is 1. The summed E-state index contributed by atoms with van der Waals surface area (Å²) in [4.78, 5) is 23.4. The van der Waals surface area contributed by atoms with Crippen LogP contribution in [-0.4, -0.2) is 31.0 Å². The molecule has 0 N–H and O–H groups in total. The number of aldehydes is 1. The maximum Gasteiger partial charge on any atom is 0.179 e. The summed E-state index contributed by atoms with van der Waals surface area (Å²) in [6, 6.07) is 3.35. The Morgan fingerprint density at radius 2 is 2.11 bits per heavy atom. The SMILES string of the molecule is Cn1cc(-c2cnc3ccc(C=O)nc3n2)cn1. The van der Waals surface area contributed by atoms with Crippen LogP contribution < -0.4 is 0 Å². The normalized spacial score (nSPS) is 10.7. The van der Waals surface area contributed by atoms with Gasteiger partial charge in [-0.3, -0.25) is 14.5 Å². The second kappa shape index (κ2) is 3.99. The Morgan fingerprint density at radius 1 is 1.22 bits per heavy atom. The van der Waals surface area contributed by atoms with Crippen LogP contribution in [0.4, 0.5) is 0 Å². The fraction of sp³-hybridized carbons (Fsp3) is 0.0833. The molecular formula is C12H9N5O. The Morgan fingerprint density at radius 3 is 2.83 bits per heavy atom. The summed E-state index contributed by atoms with van der Waals surface area (Å²) in [7, 11) is 1.83. The monoisotopic (exact) mass is 239 g/mol. The minimum Gasteiger partial charge on any atom is -0.296 e. The zero-order chi connectivity index (χ0) is 12.5. The maximum atomic E-state index is 10.7. The smallest absolute Gasteiger partial charge is 0.179 e. The van der Waals surface area contributed by atoms with E-state index in [4.69, 9.17) is 0 Å². The Balaban J connectivity index is 2.17. The molecule has 0 amide bonds. The molecule has 0 saturated carbocycles. The van der Waals surface area contributed by atoms with Crippen molar-refractivity contribution in [3.05, 3.63) is 36.4 Å². The zero-order valence-electron chi connectivity index (χ0n) is 9.61. The van der Waals surface area contributed by atoms with Crippen LogP contribution in [0.2, 0.25) is 0 Å². The molecule has 18 heavy (non-hydrogen) atoms. The first kappa shape index (κ1) is 10.5. The van der Waals surface area contributed by atoms with Gasteiger partial charge in [0.2, 0.25) is 0 Å².